The van der Waals surface area contributed by atoms with E-state index in [-0.39, 0.29) is 0 Å². The van der Waals surface area contributed by atoms with Gasteiger partial charge in [0.1, 0.15) is 0 Å². The van der Waals surface area contributed by atoms with E-state index < -0.39 is 0 Å². The standard InChI is InChI=1S/C8H16.C6H14/c1-2-4-6-8-7-5-3-1;1-3-5-6-4-2/h1-8H2;3-6H2,1-2H3. The molecule has 0 heteroatoms. The van der Waals surface area contributed by atoms with Gasteiger partial charge in [-0.2, -0.15) is 0 Å². The molecule has 0 aromatic carbocycles. The largest absolute Gasteiger partial charge is 0.0654 e. The normalized spacial score (nSPS) is 17.6. The van der Waals surface area contributed by atoms with Crippen LogP contribution in [0.4, 0.5) is 0 Å². The Bertz CT molecular complexity index is 58.0. The van der Waals surface area contributed by atoms with Gasteiger partial charge in [-0.05, 0) is 0 Å². The Balaban J connectivity index is 0.000000255. The Morgan fingerprint density at radius 1 is 0.500 bits per heavy atom. The molecule has 1 fully saturated rings. The van der Waals surface area contributed by atoms with Gasteiger partial charge in [0.2, 0.25) is 0 Å². The van der Waals surface area contributed by atoms with Crippen LogP contribution in [-0.2, 0) is 0 Å². The lowest BCUT2D eigenvalue weighted by molar-refractivity contribution is 0.504. The van der Waals surface area contributed by atoms with Crippen LogP contribution >= 0.6 is 0 Å². The van der Waals surface area contributed by atoms with Gasteiger partial charge in [-0.25, -0.2) is 0 Å². The molecule has 1 aliphatic carbocycles. The molecule has 0 heterocycles. The fraction of sp³-hybridized carbons (Fsp3) is 1.00. The molecule has 0 aromatic rings. The Labute approximate surface area is 91.5 Å². The first kappa shape index (κ1) is 14.0. The Hall–Kier alpha value is 0. The van der Waals surface area contributed by atoms with Gasteiger partial charge in [-0.1, -0.05) is 90.9 Å². The summed E-state index contributed by atoms with van der Waals surface area (Å²) >= 11 is 0. The summed E-state index contributed by atoms with van der Waals surface area (Å²) in [4.78, 5) is 0. The van der Waals surface area contributed by atoms with E-state index >= 15 is 0 Å². The molecule has 0 amide bonds. The van der Waals surface area contributed by atoms with Crippen LogP contribution < -0.4 is 0 Å². The molecule has 1 rings (SSSR count). The molecule has 0 aliphatic heterocycles. The van der Waals surface area contributed by atoms with E-state index in [0.29, 0.717) is 0 Å². The number of hydrogen-bond donors (Lipinski definition) is 0. The molecule has 0 bridgehead atoms. The Morgan fingerprint density at radius 2 is 0.714 bits per heavy atom. The fourth-order valence-corrected chi connectivity index (χ4v) is 1.91. The maximum absolute atomic E-state index is 2.23. The molecule has 0 N–H and O–H groups in total. The van der Waals surface area contributed by atoms with Crippen molar-refractivity contribution >= 4 is 0 Å². The van der Waals surface area contributed by atoms with Crippen LogP contribution in [0.15, 0.2) is 0 Å². The molecule has 1 aliphatic rings. The first-order valence-corrected chi connectivity index (χ1v) is 6.91. The zero-order valence-electron chi connectivity index (χ0n) is 10.5. The van der Waals surface area contributed by atoms with Gasteiger partial charge < -0.3 is 0 Å². The quantitative estimate of drug-likeness (QED) is 0.510. The van der Waals surface area contributed by atoms with Crippen molar-refractivity contribution in [2.24, 2.45) is 0 Å². The lowest BCUT2D eigenvalue weighted by Crippen LogP contribution is -1.85. The molecular weight excluding hydrogens is 168 g/mol. The lowest BCUT2D eigenvalue weighted by atomic mass is 10.0. The molecule has 86 valence electrons. The molecule has 0 unspecified atom stereocenters. The third-order valence-corrected chi connectivity index (χ3v) is 2.96. The van der Waals surface area contributed by atoms with E-state index in [4.69, 9.17) is 0 Å². The molecule has 0 spiro atoms. The highest BCUT2D eigenvalue weighted by Crippen LogP contribution is 2.15. The highest BCUT2D eigenvalue weighted by molar-refractivity contribution is 4.51. The van der Waals surface area contributed by atoms with Crippen molar-refractivity contribution in [1.82, 2.24) is 0 Å². The van der Waals surface area contributed by atoms with Gasteiger partial charge in [0.05, 0.1) is 0 Å². The van der Waals surface area contributed by atoms with E-state index in [9.17, 15) is 0 Å². The minimum absolute atomic E-state index is 1.36. The van der Waals surface area contributed by atoms with Crippen molar-refractivity contribution in [2.75, 3.05) is 0 Å². The summed E-state index contributed by atoms with van der Waals surface area (Å²) in [5.41, 5.74) is 0. The van der Waals surface area contributed by atoms with Crippen LogP contribution in [0.25, 0.3) is 0 Å². The number of rotatable bonds is 3. The summed E-state index contributed by atoms with van der Waals surface area (Å²) in [7, 11) is 0. The summed E-state index contributed by atoms with van der Waals surface area (Å²) in [6, 6.07) is 0. The van der Waals surface area contributed by atoms with Crippen LogP contribution in [0.1, 0.15) is 90.9 Å². The topological polar surface area (TPSA) is 0 Å². The van der Waals surface area contributed by atoms with E-state index in [1.807, 2.05) is 0 Å². The zero-order chi connectivity index (χ0) is 10.5. The average molecular weight is 198 g/mol. The van der Waals surface area contributed by atoms with E-state index in [2.05, 4.69) is 13.8 Å². The summed E-state index contributed by atoms with van der Waals surface area (Å²) in [5, 5.41) is 0. The molecule has 0 aromatic heterocycles. The van der Waals surface area contributed by atoms with Gasteiger partial charge in [0.15, 0.2) is 0 Å². The summed E-state index contributed by atoms with van der Waals surface area (Å²) in [6.45, 7) is 4.46. The maximum Gasteiger partial charge on any atom is -0.0533 e. The SMILES string of the molecule is C1CCCCCCC1.CCCCCC. The van der Waals surface area contributed by atoms with Gasteiger partial charge in [0.25, 0.3) is 0 Å². The van der Waals surface area contributed by atoms with Gasteiger partial charge >= 0.3 is 0 Å². The first-order chi connectivity index (χ1) is 6.91. The summed E-state index contributed by atoms with van der Waals surface area (Å²) in [5.74, 6) is 0. The predicted molar refractivity (Wildman–Crippen MR) is 66.8 cm³/mol. The minimum Gasteiger partial charge on any atom is -0.0654 e. The Morgan fingerprint density at radius 3 is 0.857 bits per heavy atom. The van der Waals surface area contributed by atoms with Crippen LogP contribution in [0.3, 0.4) is 0 Å². The zero-order valence-corrected chi connectivity index (χ0v) is 10.5. The highest BCUT2D eigenvalue weighted by atomic mass is 14.0. The van der Waals surface area contributed by atoms with Gasteiger partial charge in [0, 0.05) is 0 Å². The molecule has 0 nitrogen and oxygen atoms in total. The minimum atomic E-state index is 1.36. The molecule has 0 atom stereocenters. The summed E-state index contributed by atoms with van der Waals surface area (Å²) < 4.78 is 0. The van der Waals surface area contributed by atoms with Crippen molar-refractivity contribution in [2.45, 2.75) is 90.9 Å². The average Bonchev–Trinajstić information content (AvgIpc) is 2.14. The second-order valence-electron chi connectivity index (χ2n) is 4.54. The second kappa shape index (κ2) is 13.0. The molecule has 14 heavy (non-hydrogen) atoms. The smallest absolute Gasteiger partial charge is 0.0533 e. The van der Waals surface area contributed by atoms with E-state index in [0.717, 1.165) is 0 Å². The van der Waals surface area contributed by atoms with Crippen molar-refractivity contribution in [3.05, 3.63) is 0 Å². The van der Waals surface area contributed by atoms with E-state index in [1.54, 1.807) is 0 Å². The Kier molecular flexibility index (Phi) is 13.0. The maximum atomic E-state index is 2.23. The lowest BCUT2D eigenvalue weighted by Gasteiger charge is -2.05. The molecule has 0 saturated heterocycles. The number of unbranched alkanes of at least 4 members (excludes halogenated alkanes) is 3. The van der Waals surface area contributed by atoms with Crippen LogP contribution in [0.5, 0.6) is 0 Å². The first-order valence-electron chi connectivity index (χ1n) is 6.91. The van der Waals surface area contributed by atoms with Crippen LogP contribution in [-0.4, -0.2) is 0 Å². The highest BCUT2D eigenvalue weighted by Gasteiger charge is 1.95. The second-order valence-corrected chi connectivity index (χ2v) is 4.54. The van der Waals surface area contributed by atoms with Gasteiger partial charge in [-0.15, -0.1) is 0 Å². The predicted octanol–water partition coefficient (Wildman–Crippen LogP) is 5.71. The third-order valence-electron chi connectivity index (χ3n) is 2.96. The summed E-state index contributed by atoms with van der Waals surface area (Å²) in [6.07, 6.45) is 17.5. The number of hydrogen-bond acceptors (Lipinski definition) is 0. The van der Waals surface area contributed by atoms with Crippen molar-refractivity contribution in [1.29, 1.82) is 0 Å². The van der Waals surface area contributed by atoms with Crippen LogP contribution in [0.2, 0.25) is 0 Å². The van der Waals surface area contributed by atoms with Gasteiger partial charge in [-0.3, -0.25) is 0 Å². The van der Waals surface area contributed by atoms with Crippen LogP contribution in [0, 0.1) is 0 Å². The van der Waals surface area contributed by atoms with Crippen molar-refractivity contribution in [3.63, 3.8) is 0 Å². The van der Waals surface area contributed by atoms with E-state index in [1.165, 1.54) is 77.0 Å². The molecule has 1 saturated carbocycles. The molecule has 0 radical (unpaired) electrons. The third kappa shape index (κ3) is 12.0. The van der Waals surface area contributed by atoms with Crippen molar-refractivity contribution in [3.8, 4) is 0 Å². The molecular formula is C14H30. The van der Waals surface area contributed by atoms with Crippen molar-refractivity contribution < 1.29 is 0 Å². The fourth-order valence-electron chi connectivity index (χ4n) is 1.91. The monoisotopic (exact) mass is 198 g/mol.